The fraction of sp³-hybridized carbons (Fsp3) is 0.286. The minimum absolute atomic E-state index is 0.108. The van der Waals surface area contributed by atoms with Crippen molar-refractivity contribution in [3.63, 3.8) is 0 Å². The maximum absolute atomic E-state index is 12.4. The molecule has 1 N–H and O–H groups in total. The molecule has 0 aliphatic carbocycles. The van der Waals surface area contributed by atoms with Gasteiger partial charge in [-0.25, -0.2) is 4.98 Å². The number of ether oxygens (including phenoxy) is 2. The van der Waals surface area contributed by atoms with Crippen LogP contribution in [0, 0.1) is 6.92 Å². The zero-order valence-corrected chi connectivity index (χ0v) is 16.8. The summed E-state index contributed by atoms with van der Waals surface area (Å²) in [6.45, 7) is 2.69. The minimum atomic E-state index is -0.108. The third-order valence-corrected chi connectivity index (χ3v) is 5.36. The Hall–Kier alpha value is -2.93. The number of hydrogen-bond acceptors (Lipinski definition) is 6. The zero-order valence-electron chi connectivity index (χ0n) is 16.0. The minimum Gasteiger partial charge on any atom is -0.497 e. The lowest BCUT2D eigenvalue weighted by Gasteiger charge is -2.08. The van der Waals surface area contributed by atoms with E-state index in [9.17, 15) is 4.79 Å². The van der Waals surface area contributed by atoms with Gasteiger partial charge in [-0.1, -0.05) is 0 Å². The number of hydrogen-bond donors (Lipinski definition) is 1. The summed E-state index contributed by atoms with van der Waals surface area (Å²) in [4.78, 5) is 21.6. The first-order valence-corrected chi connectivity index (χ1v) is 9.87. The maximum atomic E-state index is 12.4. The third kappa shape index (κ3) is 5.53. The Balaban J connectivity index is 1.45. The van der Waals surface area contributed by atoms with E-state index in [0.29, 0.717) is 18.0 Å². The van der Waals surface area contributed by atoms with Crippen LogP contribution >= 0.6 is 11.3 Å². The summed E-state index contributed by atoms with van der Waals surface area (Å²) in [6, 6.07) is 11.3. The number of benzene rings is 1. The van der Waals surface area contributed by atoms with Crippen LogP contribution in [0.2, 0.25) is 0 Å². The average molecular weight is 398 g/mol. The van der Waals surface area contributed by atoms with Crippen LogP contribution < -0.4 is 14.8 Å². The lowest BCUT2D eigenvalue weighted by molar-refractivity contribution is 0.0950. The second-order valence-electron chi connectivity index (χ2n) is 6.16. The molecule has 28 heavy (non-hydrogen) atoms. The van der Waals surface area contributed by atoms with Gasteiger partial charge in [0, 0.05) is 18.8 Å². The van der Waals surface area contributed by atoms with E-state index >= 15 is 0 Å². The number of pyridine rings is 1. The van der Waals surface area contributed by atoms with E-state index in [1.165, 1.54) is 16.9 Å². The van der Waals surface area contributed by atoms with Crippen LogP contribution in [0.25, 0.3) is 0 Å². The van der Waals surface area contributed by atoms with Gasteiger partial charge in [0.25, 0.3) is 5.91 Å². The van der Waals surface area contributed by atoms with E-state index < -0.39 is 0 Å². The topological polar surface area (TPSA) is 73.3 Å². The summed E-state index contributed by atoms with van der Waals surface area (Å²) in [7, 11) is 1.62. The monoisotopic (exact) mass is 397 g/mol. The molecule has 0 saturated heterocycles. The van der Waals surface area contributed by atoms with E-state index in [0.717, 1.165) is 35.0 Å². The van der Waals surface area contributed by atoms with E-state index in [1.54, 1.807) is 19.5 Å². The van der Waals surface area contributed by atoms with Crippen LogP contribution in [0.15, 0.2) is 48.8 Å². The van der Waals surface area contributed by atoms with Gasteiger partial charge in [0.1, 0.15) is 23.0 Å². The lowest BCUT2D eigenvalue weighted by Crippen LogP contribution is -2.27. The number of aryl methyl sites for hydroxylation is 3. The molecule has 0 saturated carbocycles. The molecular formula is C21H23N3O3S. The summed E-state index contributed by atoms with van der Waals surface area (Å²) in [5.41, 5.74) is 1.98. The van der Waals surface area contributed by atoms with Crippen LogP contribution in [0.3, 0.4) is 0 Å². The van der Waals surface area contributed by atoms with Gasteiger partial charge >= 0.3 is 0 Å². The molecule has 3 rings (SSSR count). The van der Waals surface area contributed by atoms with Crippen molar-refractivity contribution in [3.05, 3.63) is 69.9 Å². The van der Waals surface area contributed by atoms with Gasteiger partial charge in [-0.05, 0) is 55.3 Å². The Morgan fingerprint density at radius 2 is 1.79 bits per heavy atom. The molecule has 0 bridgehead atoms. The lowest BCUT2D eigenvalue weighted by atomic mass is 10.1. The Bertz CT molecular complexity index is 895. The molecule has 2 heterocycles. The Morgan fingerprint density at radius 3 is 2.50 bits per heavy atom. The van der Waals surface area contributed by atoms with Gasteiger partial charge in [0.05, 0.1) is 24.4 Å². The second-order valence-corrected chi connectivity index (χ2v) is 7.24. The predicted molar refractivity (Wildman–Crippen MR) is 109 cm³/mol. The first-order chi connectivity index (χ1) is 13.7. The summed E-state index contributed by atoms with van der Waals surface area (Å²) in [5.74, 6) is 1.41. The van der Waals surface area contributed by atoms with Gasteiger partial charge in [-0.3, -0.25) is 9.78 Å². The Kier molecular flexibility index (Phi) is 6.97. The number of thiazole rings is 1. The van der Waals surface area contributed by atoms with Crippen LogP contribution in [-0.2, 0) is 12.8 Å². The maximum Gasteiger partial charge on any atom is 0.263 e. The SMILES string of the molecule is COc1ccc(OCCNC(=O)c2sc(CCc3ccncc3)nc2C)cc1. The van der Waals surface area contributed by atoms with Crippen LogP contribution in [-0.4, -0.2) is 36.1 Å². The highest BCUT2D eigenvalue weighted by Gasteiger charge is 2.15. The molecule has 0 aliphatic rings. The molecule has 0 aliphatic heterocycles. The normalized spacial score (nSPS) is 10.5. The van der Waals surface area contributed by atoms with E-state index in [2.05, 4.69) is 15.3 Å². The summed E-state index contributed by atoms with van der Waals surface area (Å²) >= 11 is 1.45. The summed E-state index contributed by atoms with van der Waals surface area (Å²) < 4.78 is 10.7. The largest absolute Gasteiger partial charge is 0.497 e. The molecule has 2 aromatic heterocycles. The standard InChI is InChI=1S/C21H23N3O3S/c1-15-20(28-19(24-15)8-3-16-9-11-22-12-10-16)21(25)23-13-14-27-18-6-4-17(26-2)5-7-18/h4-7,9-12H,3,8,13-14H2,1-2H3,(H,23,25). The first-order valence-electron chi connectivity index (χ1n) is 9.06. The van der Waals surface area contributed by atoms with Crippen molar-refractivity contribution in [2.45, 2.75) is 19.8 Å². The second kappa shape index (κ2) is 9.85. The summed E-state index contributed by atoms with van der Waals surface area (Å²) in [5, 5.41) is 3.86. The van der Waals surface area contributed by atoms with E-state index in [-0.39, 0.29) is 5.91 Å². The van der Waals surface area contributed by atoms with Crippen molar-refractivity contribution < 1.29 is 14.3 Å². The average Bonchev–Trinajstić information content (AvgIpc) is 3.11. The molecule has 6 nitrogen and oxygen atoms in total. The molecule has 0 fully saturated rings. The van der Waals surface area contributed by atoms with Crippen LogP contribution in [0.4, 0.5) is 0 Å². The van der Waals surface area contributed by atoms with Crippen molar-refractivity contribution in [1.82, 2.24) is 15.3 Å². The molecule has 1 amide bonds. The fourth-order valence-electron chi connectivity index (χ4n) is 2.66. The zero-order chi connectivity index (χ0) is 19.8. The smallest absolute Gasteiger partial charge is 0.263 e. The molecular weight excluding hydrogens is 374 g/mol. The molecule has 0 atom stereocenters. The number of methoxy groups -OCH3 is 1. The highest BCUT2D eigenvalue weighted by molar-refractivity contribution is 7.13. The molecule has 146 valence electrons. The number of rotatable bonds is 9. The van der Waals surface area contributed by atoms with E-state index in [1.807, 2.05) is 43.3 Å². The quantitative estimate of drug-likeness (QED) is 0.560. The van der Waals surface area contributed by atoms with E-state index in [4.69, 9.17) is 9.47 Å². The highest BCUT2D eigenvalue weighted by Crippen LogP contribution is 2.20. The molecule has 0 unspecified atom stereocenters. The van der Waals surface area contributed by atoms with Crippen molar-refractivity contribution in [2.24, 2.45) is 0 Å². The Labute approximate surface area is 168 Å². The number of amides is 1. The Morgan fingerprint density at radius 1 is 1.07 bits per heavy atom. The number of carbonyl (C=O) groups is 1. The van der Waals surface area contributed by atoms with Gasteiger partial charge in [0.15, 0.2) is 0 Å². The molecule has 7 heteroatoms. The van der Waals surface area contributed by atoms with Gasteiger partial charge in [0.2, 0.25) is 0 Å². The molecule has 0 radical (unpaired) electrons. The van der Waals surface area contributed by atoms with Crippen LogP contribution in [0.5, 0.6) is 11.5 Å². The van der Waals surface area contributed by atoms with Gasteiger partial charge in [-0.2, -0.15) is 0 Å². The summed E-state index contributed by atoms with van der Waals surface area (Å²) in [6.07, 6.45) is 5.26. The highest BCUT2D eigenvalue weighted by atomic mass is 32.1. The molecule has 1 aromatic carbocycles. The number of aromatic nitrogens is 2. The molecule has 3 aromatic rings. The van der Waals surface area contributed by atoms with Crippen molar-refractivity contribution in [2.75, 3.05) is 20.3 Å². The van der Waals surface area contributed by atoms with Crippen molar-refractivity contribution >= 4 is 17.2 Å². The van der Waals surface area contributed by atoms with Crippen LogP contribution in [0.1, 0.15) is 25.9 Å². The first kappa shape index (κ1) is 19.8. The predicted octanol–water partition coefficient (Wildman–Crippen LogP) is 3.45. The number of nitrogens with zero attached hydrogens (tertiary/aromatic N) is 2. The fourth-order valence-corrected chi connectivity index (χ4v) is 3.64. The number of nitrogens with one attached hydrogen (secondary N) is 1. The molecule has 0 spiro atoms. The van der Waals surface area contributed by atoms with Gasteiger partial charge in [-0.15, -0.1) is 11.3 Å². The van der Waals surface area contributed by atoms with Crippen molar-refractivity contribution in [3.8, 4) is 11.5 Å². The van der Waals surface area contributed by atoms with Crippen molar-refractivity contribution in [1.29, 1.82) is 0 Å². The van der Waals surface area contributed by atoms with Gasteiger partial charge < -0.3 is 14.8 Å². The third-order valence-electron chi connectivity index (χ3n) is 4.14. The number of carbonyl (C=O) groups excluding carboxylic acids is 1.